The summed E-state index contributed by atoms with van der Waals surface area (Å²) in [7, 11) is 1.48. The molecule has 0 unspecified atom stereocenters. The van der Waals surface area contributed by atoms with E-state index in [2.05, 4.69) is 10.3 Å². The number of fused-ring (bicyclic) bond motifs is 1. The standard InChI is InChI=1S/C20H20N4O3/c1-3-14-8-4-5-9-16(14)22-18(25)13-23(2)19(26)15-12-21-17-10-6-7-11-24(17)20(15)27/h4-12H,3,13H2,1-2H3,(H,22,25). The van der Waals surface area contributed by atoms with E-state index in [0.29, 0.717) is 5.65 Å². The molecule has 0 radical (unpaired) electrons. The first kappa shape index (κ1) is 18.3. The fourth-order valence-electron chi connectivity index (χ4n) is 2.81. The minimum Gasteiger partial charge on any atom is -0.332 e. The molecule has 7 heteroatoms. The van der Waals surface area contributed by atoms with E-state index in [-0.39, 0.29) is 18.0 Å². The van der Waals surface area contributed by atoms with Gasteiger partial charge in [-0.3, -0.25) is 18.8 Å². The minimum absolute atomic E-state index is 0.0806. The highest BCUT2D eigenvalue weighted by Crippen LogP contribution is 2.15. The van der Waals surface area contributed by atoms with Crippen molar-refractivity contribution >= 4 is 23.1 Å². The lowest BCUT2D eigenvalue weighted by Gasteiger charge is -2.17. The minimum atomic E-state index is -0.551. The molecule has 3 aromatic rings. The molecule has 0 spiro atoms. The lowest BCUT2D eigenvalue weighted by molar-refractivity contribution is -0.116. The molecule has 0 aliphatic rings. The molecule has 0 fully saturated rings. The molecular formula is C20H20N4O3. The number of nitrogens with zero attached hydrogens (tertiary/aromatic N) is 3. The average Bonchev–Trinajstić information content (AvgIpc) is 2.68. The van der Waals surface area contributed by atoms with Crippen LogP contribution < -0.4 is 10.9 Å². The number of anilines is 1. The summed E-state index contributed by atoms with van der Waals surface area (Å²) in [6.45, 7) is 1.83. The Bertz CT molecular complexity index is 1060. The number of aromatic nitrogens is 2. The van der Waals surface area contributed by atoms with E-state index in [1.807, 2.05) is 31.2 Å². The Labute approximate surface area is 156 Å². The lowest BCUT2D eigenvalue weighted by atomic mass is 10.1. The summed E-state index contributed by atoms with van der Waals surface area (Å²) in [5.74, 6) is -0.884. The first-order chi connectivity index (χ1) is 13.0. The summed E-state index contributed by atoms with van der Waals surface area (Å²) < 4.78 is 1.30. The largest absolute Gasteiger partial charge is 0.332 e. The molecule has 138 valence electrons. The molecule has 0 atom stereocenters. The molecule has 1 aromatic carbocycles. The van der Waals surface area contributed by atoms with E-state index in [0.717, 1.165) is 17.7 Å². The van der Waals surface area contributed by atoms with E-state index in [9.17, 15) is 14.4 Å². The Morgan fingerprint density at radius 2 is 1.89 bits per heavy atom. The number of carbonyl (C=O) groups is 2. The van der Waals surface area contributed by atoms with Crippen molar-refractivity contribution in [2.75, 3.05) is 18.9 Å². The number of aryl methyl sites for hydroxylation is 1. The van der Waals surface area contributed by atoms with Crippen LogP contribution in [0.5, 0.6) is 0 Å². The Balaban J connectivity index is 1.75. The Kier molecular flexibility index (Phi) is 5.30. The average molecular weight is 364 g/mol. The predicted octanol–water partition coefficient (Wildman–Crippen LogP) is 1.97. The van der Waals surface area contributed by atoms with Gasteiger partial charge < -0.3 is 10.2 Å². The van der Waals surface area contributed by atoms with Gasteiger partial charge >= 0.3 is 0 Å². The predicted molar refractivity (Wildman–Crippen MR) is 103 cm³/mol. The summed E-state index contributed by atoms with van der Waals surface area (Å²) in [6.07, 6.45) is 3.58. The molecule has 3 rings (SSSR count). The van der Waals surface area contributed by atoms with Crippen molar-refractivity contribution in [3.63, 3.8) is 0 Å². The van der Waals surface area contributed by atoms with Crippen molar-refractivity contribution in [2.45, 2.75) is 13.3 Å². The second kappa shape index (κ2) is 7.82. The first-order valence-corrected chi connectivity index (χ1v) is 8.61. The van der Waals surface area contributed by atoms with Gasteiger partial charge in [0.2, 0.25) is 5.91 Å². The molecule has 0 saturated heterocycles. The van der Waals surface area contributed by atoms with Gasteiger partial charge in [-0.05, 0) is 30.2 Å². The molecule has 27 heavy (non-hydrogen) atoms. The SMILES string of the molecule is CCc1ccccc1NC(=O)CN(C)C(=O)c1cnc2ccccn2c1=O. The second-order valence-corrected chi connectivity index (χ2v) is 6.13. The summed E-state index contributed by atoms with van der Waals surface area (Å²) in [5, 5.41) is 2.81. The molecule has 0 bridgehead atoms. The van der Waals surface area contributed by atoms with Gasteiger partial charge in [0.1, 0.15) is 11.2 Å². The Morgan fingerprint density at radius 3 is 2.67 bits per heavy atom. The molecule has 2 aromatic heterocycles. The molecular weight excluding hydrogens is 344 g/mol. The maximum Gasteiger partial charge on any atom is 0.270 e. The number of hydrogen-bond acceptors (Lipinski definition) is 4. The fourth-order valence-corrected chi connectivity index (χ4v) is 2.81. The number of amides is 2. The normalized spacial score (nSPS) is 10.6. The third-order valence-corrected chi connectivity index (χ3v) is 4.24. The number of benzene rings is 1. The monoisotopic (exact) mass is 364 g/mol. The van der Waals surface area contributed by atoms with Crippen LogP contribution in [0.15, 0.2) is 59.7 Å². The summed E-state index contributed by atoms with van der Waals surface area (Å²) in [4.78, 5) is 42.8. The summed E-state index contributed by atoms with van der Waals surface area (Å²) in [6, 6.07) is 12.6. The van der Waals surface area contributed by atoms with Crippen molar-refractivity contribution in [2.24, 2.45) is 0 Å². The van der Waals surface area contributed by atoms with E-state index in [1.54, 1.807) is 24.4 Å². The smallest absolute Gasteiger partial charge is 0.270 e. The molecule has 0 aliphatic heterocycles. The highest BCUT2D eigenvalue weighted by molar-refractivity contribution is 5.99. The summed E-state index contributed by atoms with van der Waals surface area (Å²) >= 11 is 0. The van der Waals surface area contributed by atoms with Crippen LogP contribution in [0.25, 0.3) is 5.65 Å². The topological polar surface area (TPSA) is 83.8 Å². The van der Waals surface area contributed by atoms with Gasteiger partial charge in [-0.15, -0.1) is 0 Å². The third kappa shape index (κ3) is 3.87. The van der Waals surface area contributed by atoms with Gasteiger partial charge in [0.25, 0.3) is 11.5 Å². The zero-order chi connectivity index (χ0) is 19.4. The van der Waals surface area contributed by atoms with E-state index in [1.165, 1.54) is 22.5 Å². The van der Waals surface area contributed by atoms with Crippen molar-refractivity contribution in [1.29, 1.82) is 0 Å². The second-order valence-electron chi connectivity index (χ2n) is 6.13. The maximum atomic E-state index is 12.6. The number of hydrogen-bond donors (Lipinski definition) is 1. The van der Waals surface area contributed by atoms with Crippen LogP contribution in [0.3, 0.4) is 0 Å². The molecule has 0 saturated carbocycles. The zero-order valence-corrected chi connectivity index (χ0v) is 15.2. The van der Waals surface area contributed by atoms with Gasteiger partial charge in [-0.2, -0.15) is 0 Å². The molecule has 2 heterocycles. The van der Waals surface area contributed by atoms with Gasteiger partial charge in [0, 0.05) is 25.1 Å². The van der Waals surface area contributed by atoms with Crippen LogP contribution in [-0.2, 0) is 11.2 Å². The first-order valence-electron chi connectivity index (χ1n) is 8.61. The number of pyridine rings is 1. The van der Waals surface area contributed by atoms with Crippen LogP contribution in [0.1, 0.15) is 22.8 Å². The van der Waals surface area contributed by atoms with Crippen LogP contribution in [0.4, 0.5) is 5.69 Å². The molecule has 7 nitrogen and oxygen atoms in total. The Hall–Kier alpha value is -3.48. The maximum absolute atomic E-state index is 12.6. The number of nitrogens with one attached hydrogen (secondary N) is 1. The molecule has 0 aliphatic carbocycles. The van der Waals surface area contributed by atoms with E-state index in [4.69, 9.17) is 0 Å². The van der Waals surface area contributed by atoms with Crippen molar-refractivity contribution < 1.29 is 9.59 Å². The highest BCUT2D eigenvalue weighted by Gasteiger charge is 2.19. The van der Waals surface area contributed by atoms with E-state index < -0.39 is 11.5 Å². The van der Waals surface area contributed by atoms with Gasteiger partial charge in [0.05, 0.1) is 6.54 Å². The van der Waals surface area contributed by atoms with Crippen LogP contribution in [0.2, 0.25) is 0 Å². The van der Waals surface area contributed by atoms with Crippen LogP contribution in [0, 0.1) is 0 Å². The zero-order valence-electron chi connectivity index (χ0n) is 15.2. The quantitative estimate of drug-likeness (QED) is 0.750. The molecule has 2 amide bonds. The van der Waals surface area contributed by atoms with Gasteiger partial charge in [0.15, 0.2) is 0 Å². The number of carbonyl (C=O) groups excluding carboxylic acids is 2. The van der Waals surface area contributed by atoms with Gasteiger partial charge in [-0.25, -0.2) is 4.98 Å². The van der Waals surface area contributed by atoms with Gasteiger partial charge in [-0.1, -0.05) is 31.2 Å². The van der Waals surface area contributed by atoms with Crippen LogP contribution in [-0.4, -0.2) is 39.7 Å². The number of para-hydroxylation sites is 1. The fraction of sp³-hybridized carbons (Fsp3) is 0.200. The van der Waals surface area contributed by atoms with E-state index >= 15 is 0 Å². The van der Waals surface area contributed by atoms with Crippen molar-refractivity contribution in [3.8, 4) is 0 Å². The van der Waals surface area contributed by atoms with Crippen molar-refractivity contribution in [1.82, 2.24) is 14.3 Å². The molecule has 1 N–H and O–H groups in total. The Morgan fingerprint density at radius 1 is 1.15 bits per heavy atom. The third-order valence-electron chi connectivity index (χ3n) is 4.24. The van der Waals surface area contributed by atoms with Crippen LogP contribution >= 0.6 is 0 Å². The lowest BCUT2D eigenvalue weighted by Crippen LogP contribution is -2.38. The summed E-state index contributed by atoms with van der Waals surface area (Å²) in [5.41, 5.74) is 1.64. The highest BCUT2D eigenvalue weighted by atomic mass is 16.2. The number of rotatable bonds is 5. The van der Waals surface area contributed by atoms with Crippen molar-refractivity contribution in [3.05, 3.63) is 76.3 Å². The number of likely N-dealkylation sites (N-methyl/N-ethyl adjacent to an activating group) is 1.